The van der Waals surface area contributed by atoms with E-state index in [2.05, 4.69) is 6.07 Å². The van der Waals surface area contributed by atoms with Gasteiger partial charge in [0.25, 0.3) is 0 Å². The van der Waals surface area contributed by atoms with Crippen molar-refractivity contribution in [1.29, 1.82) is 5.26 Å². The van der Waals surface area contributed by atoms with Crippen LogP contribution in [-0.2, 0) is 6.61 Å². The second kappa shape index (κ2) is 9.68. The SMILES string of the molecule is COc1ccc([C@@H]2C(C#N)=C(N)Oc3c2c(C)nn3-c2ccccc2)cc1OCc1ccccc1Cl. The Morgan fingerprint density at radius 1 is 1.08 bits per heavy atom. The van der Waals surface area contributed by atoms with Gasteiger partial charge in [0.1, 0.15) is 18.2 Å². The first kappa shape index (κ1) is 23.3. The van der Waals surface area contributed by atoms with Crippen LogP contribution in [0.5, 0.6) is 17.4 Å². The minimum Gasteiger partial charge on any atom is -0.493 e. The third kappa shape index (κ3) is 4.12. The van der Waals surface area contributed by atoms with Gasteiger partial charge < -0.3 is 19.9 Å². The van der Waals surface area contributed by atoms with Gasteiger partial charge in [0, 0.05) is 10.6 Å². The Bertz CT molecular complexity index is 1510. The lowest BCUT2D eigenvalue weighted by Crippen LogP contribution is -2.22. The van der Waals surface area contributed by atoms with Gasteiger partial charge in [-0.1, -0.05) is 54.1 Å². The van der Waals surface area contributed by atoms with Crippen molar-refractivity contribution in [3.63, 3.8) is 0 Å². The summed E-state index contributed by atoms with van der Waals surface area (Å²) in [5.41, 5.74) is 10.5. The molecule has 0 radical (unpaired) electrons. The number of ether oxygens (including phenoxy) is 3. The largest absolute Gasteiger partial charge is 0.493 e. The third-order valence-electron chi connectivity index (χ3n) is 6.10. The first-order valence-electron chi connectivity index (χ1n) is 11.3. The van der Waals surface area contributed by atoms with E-state index < -0.39 is 5.92 Å². The second-order valence-electron chi connectivity index (χ2n) is 8.27. The van der Waals surface area contributed by atoms with Crippen LogP contribution in [0.25, 0.3) is 5.69 Å². The summed E-state index contributed by atoms with van der Waals surface area (Å²) >= 11 is 6.31. The topological polar surface area (TPSA) is 95.3 Å². The van der Waals surface area contributed by atoms with Crippen molar-refractivity contribution in [3.8, 4) is 29.1 Å². The Morgan fingerprint density at radius 2 is 1.83 bits per heavy atom. The van der Waals surface area contributed by atoms with Crippen molar-refractivity contribution < 1.29 is 14.2 Å². The number of hydrogen-bond donors (Lipinski definition) is 1. The fourth-order valence-electron chi connectivity index (χ4n) is 4.35. The number of allylic oxidation sites excluding steroid dienone is 1. The highest BCUT2D eigenvalue weighted by atomic mass is 35.5. The smallest absolute Gasteiger partial charge is 0.229 e. The number of methoxy groups -OCH3 is 1. The van der Waals surface area contributed by atoms with E-state index in [1.807, 2.05) is 79.7 Å². The summed E-state index contributed by atoms with van der Waals surface area (Å²) in [4.78, 5) is 0. The average molecular weight is 499 g/mol. The van der Waals surface area contributed by atoms with Crippen LogP contribution in [0.3, 0.4) is 0 Å². The monoisotopic (exact) mass is 498 g/mol. The van der Waals surface area contributed by atoms with E-state index in [-0.39, 0.29) is 12.5 Å². The molecule has 180 valence electrons. The maximum Gasteiger partial charge on any atom is 0.229 e. The molecule has 0 saturated heterocycles. The molecule has 1 aliphatic rings. The van der Waals surface area contributed by atoms with E-state index in [0.29, 0.717) is 28.0 Å². The van der Waals surface area contributed by atoms with E-state index in [4.69, 9.17) is 36.6 Å². The molecule has 0 unspecified atom stereocenters. The molecule has 0 amide bonds. The van der Waals surface area contributed by atoms with Gasteiger partial charge in [-0.15, -0.1) is 0 Å². The van der Waals surface area contributed by atoms with Crippen LogP contribution in [0.1, 0.15) is 28.3 Å². The zero-order valence-electron chi connectivity index (χ0n) is 19.7. The summed E-state index contributed by atoms with van der Waals surface area (Å²) < 4.78 is 19.3. The Hall–Kier alpha value is -4.41. The predicted molar refractivity (Wildman–Crippen MR) is 136 cm³/mol. The first-order chi connectivity index (χ1) is 17.5. The van der Waals surface area contributed by atoms with E-state index in [0.717, 1.165) is 28.1 Å². The highest BCUT2D eigenvalue weighted by Crippen LogP contribution is 2.46. The molecule has 0 saturated carbocycles. The number of benzene rings is 3. The minimum absolute atomic E-state index is 0.0430. The van der Waals surface area contributed by atoms with Gasteiger partial charge in [-0.25, -0.2) is 4.68 Å². The van der Waals surface area contributed by atoms with Crippen molar-refractivity contribution in [3.05, 3.63) is 112 Å². The fraction of sp³-hybridized carbons (Fsp3) is 0.143. The van der Waals surface area contributed by atoms with Crippen LogP contribution in [0.4, 0.5) is 0 Å². The zero-order chi connectivity index (χ0) is 25.2. The average Bonchev–Trinajstić information content (AvgIpc) is 3.23. The van der Waals surface area contributed by atoms with Crippen LogP contribution in [-0.4, -0.2) is 16.9 Å². The Kier molecular flexibility index (Phi) is 6.28. The Labute approximate surface area is 213 Å². The predicted octanol–water partition coefficient (Wildman–Crippen LogP) is 5.64. The summed E-state index contributed by atoms with van der Waals surface area (Å²) in [5, 5.41) is 15.4. The second-order valence-corrected chi connectivity index (χ2v) is 8.67. The molecule has 0 spiro atoms. The van der Waals surface area contributed by atoms with Crippen molar-refractivity contribution in [1.82, 2.24) is 9.78 Å². The van der Waals surface area contributed by atoms with Crippen LogP contribution < -0.4 is 19.9 Å². The maximum atomic E-state index is 10.0. The number of aryl methyl sites for hydroxylation is 1. The molecule has 1 atom stereocenters. The van der Waals surface area contributed by atoms with Gasteiger partial charge in [0.05, 0.1) is 30.0 Å². The molecule has 0 aliphatic carbocycles. The molecule has 0 fully saturated rings. The molecule has 0 bridgehead atoms. The molecule has 1 aliphatic heterocycles. The minimum atomic E-state index is -0.496. The molecule has 7 nitrogen and oxygen atoms in total. The number of aromatic nitrogens is 2. The van der Waals surface area contributed by atoms with Gasteiger partial charge in [-0.3, -0.25) is 0 Å². The number of nitriles is 1. The van der Waals surface area contributed by atoms with Crippen molar-refractivity contribution in [2.24, 2.45) is 5.73 Å². The molecule has 4 aromatic rings. The summed E-state index contributed by atoms with van der Waals surface area (Å²) in [6.07, 6.45) is 0. The van der Waals surface area contributed by atoms with E-state index in [1.165, 1.54) is 0 Å². The number of fused-ring (bicyclic) bond motifs is 1. The van der Waals surface area contributed by atoms with Crippen LogP contribution in [0.15, 0.2) is 84.3 Å². The number of halogens is 1. The summed E-state index contributed by atoms with van der Waals surface area (Å²) in [6.45, 7) is 2.15. The summed E-state index contributed by atoms with van der Waals surface area (Å²) in [7, 11) is 1.58. The lowest BCUT2D eigenvalue weighted by molar-refractivity contribution is 0.284. The van der Waals surface area contributed by atoms with Gasteiger partial charge in [-0.2, -0.15) is 10.4 Å². The highest BCUT2D eigenvalue weighted by molar-refractivity contribution is 6.31. The van der Waals surface area contributed by atoms with Gasteiger partial charge in [-0.05, 0) is 42.8 Å². The fourth-order valence-corrected chi connectivity index (χ4v) is 4.54. The van der Waals surface area contributed by atoms with Gasteiger partial charge in [0.15, 0.2) is 11.5 Å². The van der Waals surface area contributed by atoms with Crippen molar-refractivity contribution >= 4 is 11.6 Å². The maximum absolute atomic E-state index is 10.0. The number of rotatable bonds is 6. The molecule has 36 heavy (non-hydrogen) atoms. The number of nitrogens with two attached hydrogens (primary N) is 1. The van der Waals surface area contributed by atoms with Crippen LogP contribution in [0.2, 0.25) is 5.02 Å². The van der Waals surface area contributed by atoms with E-state index in [1.54, 1.807) is 11.8 Å². The lowest BCUT2D eigenvalue weighted by Gasteiger charge is -2.25. The Morgan fingerprint density at radius 3 is 2.56 bits per heavy atom. The van der Waals surface area contributed by atoms with Gasteiger partial charge >= 0.3 is 0 Å². The molecular formula is C28H23ClN4O3. The first-order valence-corrected chi connectivity index (χ1v) is 11.7. The highest BCUT2D eigenvalue weighted by Gasteiger charge is 2.36. The lowest BCUT2D eigenvalue weighted by atomic mass is 9.84. The number of para-hydroxylation sites is 1. The Balaban J connectivity index is 1.60. The van der Waals surface area contributed by atoms with E-state index >= 15 is 0 Å². The molecule has 3 aromatic carbocycles. The normalized spacial score (nSPS) is 14.6. The van der Waals surface area contributed by atoms with Crippen LogP contribution >= 0.6 is 11.6 Å². The molecular weight excluding hydrogens is 476 g/mol. The van der Waals surface area contributed by atoms with E-state index in [9.17, 15) is 5.26 Å². The molecule has 8 heteroatoms. The number of hydrogen-bond acceptors (Lipinski definition) is 6. The van der Waals surface area contributed by atoms with Crippen molar-refractivity contribution in [2.75, 3.05) is 7.11 Å². The molecule has 1 aromatic heterocycles. The van der Waals surface area contributed by atoms with Gasteiger partial charge in [0.2, 0.25) is 11.8 Å². The molecule has 5 rings (SSSR count). The zero-order valence-corrected chi connectivity index (χ0v) is 20.5. The molecule has 2 heterocycles. The number of nitrogens with zero attached hydrogens (tertiary/aromatic N) is 3. The molecule has 2 N–H and O–H groups in total. The standard InChI is InChI=1S/C28H23ClN4O3/c1-17-25-26(21(15-30)27(31)36-28(25)33(32-17)20-9-4-3-5-10-20)18-12-13-23(34-2)24(14-18)35-16-19-8-6-7-11-22(19)29/h3-14,26H,16,31H2,1-2H3/t26-/m1/s1. The summed E-state index contributed by atoms with van der Waals surface area (Å²) in [6, 6.07) is 24.9. The summed E-state index contributed by atoms with van der Waals surface area (Å²) in [5.74, 6) is 1.11. The van der Waals surface area contributed by atoms with Crippen molar-refractivity contribution in [2.45, 2.75) is 19.4 Å². The van der Waals surface area contributed by atoms with Crippen LogP contribution in [0, 0.1) is 18.3 Å². The third-order valence-corrected chi connectivity index (χ3v) is 6.46. The quantitative estimate of drug-likeness (QED) is 0.369.